The first-order valence-electron chi connectivity index (χ1n) is 20.1. The van der Waals surface area contributed by atoms with Crippen molar-refractivity contribution in [1.29, 1.82) is 0 Å². The molecule has 4 heterocycles. The fourth-order valence-corrected chi connectivity index (χ4v) is 9.47. The number of rotatable bonds is 5. The van der Waals surface area contributed by atoms with Crippen LogP contribution in [0.1, 0.15) is 17.7 Å². The minimum absolute atomic E-state index is 0.754. The van der Waals surface area contributed by atoms with E-state index in [4.69, 9.17) is 13.3 Å². The van der Waals surface area contributed by atoms with E-state index in [1.54, 1.807) is 0 Å². The Morgan fingerprint density at radius 1 is 0.492 bits per heavy atom. The van der Waals surface area contributed by atoms with Gasteiger partial charge in [-0.1, -0.05) is 84.9 Å². The van der Waals surface area contributed by atoms with Crippen LogP contribution >= 0.6 is 0 Å². The molecule has 8 aromatic carbocycles. The lowest BCUT2D eigenvalue weighted by molar-refractivity contribution is 0.595. The molecule has 59 heavy (non-hydrogen) atoms. The summed E-state index contributed by atoms with van der Waals surface area (Å²) in [5.74, 6) is 0.919. The van der Waals surface area contributed by atoms with Crippen molar-refractivity contribution < 1.29 is 13.3 Å². The number of anilines is 3. The molecule has 12 aromatic rings. The minimum atomic E-state index is 0.754. The van der Waals surface area contributed by atoms with Gasteiger partial charge in [0.15, 0.2) is 0 Å². The van der Waals surface area contributed by atoms with E-state index in [1.165, 1.54) is 27.4 Å². The van der Waals surface area contributed by atoms with Gasteiger partial charge in [-0.2, -0.15) is 0 Å². The summed E-state index contributed by atoms with van der Waals surface area (Å²) in [5, 5.41) is 7.51. The Hall–Kier alpha value is -7.94. The van der Waals surface area contributed by atoms with Crippen LogP contribution in [0.25, 0.3) is 99.5 Å². The summed E-state index contributed by atoms with van der Waals surface area (Å²) < 4.78 is 21.9. The number of hydrogen-bond donors (Lipinski definition) is 0. The van der Waals surface area contributed by atoms with Crippen molar-refractivity contribution in [3.05, 3.63) is 187 Å². The Balaban J connectivity index is 1.04. The maximum Gasteiger partial charge on any atom is 0.146 e. The van der Waals surface area contributed by atoms with Crippen LogP contribution in [0.2, 0.25) is 0 Å². The molecule has 0 saturated carbocycles. The number of benzene rings is 7. The molecule has 0 amide bonds. The van der Waals surface area contributed by atoms with Gasteiger partial charge in [-0.05, 0) is 115 Å². The van der Waals surface area contributed by atoms with Crippen molar-refractivity contribution in [1.82, 2.24) is 4.57 Å². The quantitative estimate of drug-likeness (QED) is 0.175. The van der Waals surface area contributed by atoms with E-state index in [0.717, 1.165) is 107 Å². The van der Waals surface area contributed by atoms with Gasteiger partial charge in [-0.3, -0.25) is 0 Å². The lowest BCUT2D eigenvalue weighted by Crippen LogP contribution is -2.11. The highest BCUT2D eigenvalue weighted by atomic mass is 16.3. The molecular formula is C54H32N2O3. The highest BCUT2D eigenvalue weighted by Crippen LogP contribution is 2.48. The first-order valence-corrected chi connectivity index (χ1v) is 20.1. The second-order valence-electron chi connectivity index (χ2n) is 15.4. The van der Waals surface area contributed by atoms with E-state index >= 15 is 0 Å². The van der Waals surface area contributed by atoms with Gasteiger partial charge in [0.1, 0.15) is 39.4 Å². The van der Waals surface area contributed by atoms with Crippen LogP contribution in [0.5, 0.6) is 0 Å². The van der Waals surface area contributed by atoms with Crippen molar-refractivity contribution in [2.45, 2.75) is 12.8 Å². The third-order valence-corrected chi connectivity index (χ3v) is 12.1. The zero-order valence-electron chi connectivity index (χ0n) is 31.7. The number of allylic oxidation sites excluding steroid dienone is 1. The van der Waals surface area contributed by atoms with Gasteiger partial charge < -0.3 is 22.7 Å². The van der Waals surface area contributed by atoms with Crippen LogP contribution in [-0.4, -0.2) is 4.57 Å². The van der Waals surface area contributed by atoms with Crippen LogP contribution in [0, 0.1) is 12.1 Å². The number of aromatic nitrogens is 1. The predicted molar refractivity (Wildman–Crippen MR) is 240 cm³/mol. The Morgan fingerprint density at radius 2 is 1.17 bits per heavy atom. The van der Waals surface area contributed by atoms with Crippen molar-refractivity contribution in [2.24, 2.45) is 0 Å². The third kappa shape index (κ3) is 4.75. The van der Waals surface area contributed by atoms with Crippen molar-refractivity contribution >= 4 is 99.8 Å². The van der Waals surface area contributed by atoms with E-state index < -0.39 is 0 Å². The van der Waals surface area contributed by atoms with Gasteiger partial charge >= 0.3 is 0 Å². The molecule has 5 heteroatoms. The predicted octanol–water partition coefficient (Wildman–Crippen LogP) is 15.0. The SMILES string of the molecule is c1c(N(c2cccc3oc4c(c23)CCC=C4)c2cccc3oc4ccc(-c5ccc6c(c5)c5ccccc5n6-c5ccccc5)cc4c23)cc2oc3ccccc3c2c#1. The number of para-hydroxylation sites is 3. The summed E-state index contributed by atoms with van der Waals surface area (Å²) in [6, 6.07) is 62.5. The highest BCUT2D eigenvalue weighted by Gasteiger charge is 2.26. The van der Waals surface area contributed by atoms with Crippen LogP contribution in [0.3, 0.4) is 0 Å². The molecule has 0 N–H and O–H groups in total. The molecule has 0 radical (unpaired) electrons. The molecule has 1 aliphatic carbocycles. The Labute approximate surface area is 338 Å². The molecule has 0 bridgehead atoms. The van der Waals surface area contributed by atoms with Crippen molar-refractivity contribution in [2.75, 3.05) is 4.90 Å². The molecule has 0 unspecified atom stereocenters. The summed E-state index contributed by atoms with van der Waals surface area (Å²) >= 11 is 0. The van der Waals surface area contributed by atoms with E-state index in [9.17, 15) is 0 Å². The molecule has 0 spiro atoms. The second-order valence-corrected chi connectivity index (χ2v) is 15.4. The Kier molecular flexibility index (Phi) is 6.70. The molecule has 0 atom stereocenters. The Bertz CT molecular complexity index is 3690. The molecule has 0 saturated heterocycles. The smallest absolute Gasteiger partial charge is 0.146 e. The first-order chi connectivity index (χ1) is 29.2. The van der Waals surface area contributed by atoms with E-state index in [1.807, 2.05) is 18.2 Å². The molecular weight excluding hydrogens is 725 g/mol. The number of nitrogens with zero attached hydrogens (tertiary/aromatic N) is 2. The molecule has 5 nitrogen and oxygen atoms in total. The zero-order chi connectivity index (χ0) is 38.6. The summed E-state index contributed by atoms with van der Waals surface area (Å²) in [6.45, 7) is 0. The number of hydrogen-bond acceptors (Lipinski definition) is 4. The van der Waals surface area contributed by atoms with Crippen LogP contribution in [0.15, 0.2) is 177 Å². The Morgan fingerprint density at radius 3 is 2.05 bits per heavy atom. The number of fused-ring (bicyclic) bond motifs is 12. The minimum Gasteiger partial charge on any atom is -0.456 e. The average Bonchev–Trinajstić information content (AvgIpc) is 4.05. The maximum atomic E-state index is 6.67. The van der Waals surface area contributed by atoms with E-state index in [-0.39, 0.29) is 0 Å². The summed E-state index contributed by atoms with van der Waals surface area (Å²) in [6.07, 6.45) is 6.16. The zero-order valence-corrected chi connectivity index (χ0v) is 31.7. The normalized spacial score (nSPS) is 12.7. The number of furan rings is 3. The van der Waals surface area contributed by atoms with Crippen LogP contribution < -0.4 is 4.90 Å². The van der Waals surface area contributed by atoms with Gasteiger partial charge in [0.05, 0.1) is 33.2 Å². The third-order valence-electron chi connectivity index (χ3n) is 12.1. The fourth-order valence-electron chi connectivity index (χ4n) is 9.47. The lowest BCUT2D eigenvalue weighted by Gasteiger charge is -2.26. The summed E-state index contributed by atoms with van der Waals surface area (Å²) in [4.78, 5) is 2.29. The second kappa shape index (κ2) is 12.3. The molecule has 0 aliphatic heterocycles. The van der Waals surface area contributed by atoms with Gasteiger partial charge in [-0.15, -0.1) is 0 Å². The lowest BCUT2D eigenvalue weighted by atomic mass is 9.98. The van der Waals surface area contributed by atoms with Gasteiger partial charge in [0.2, 0.25) is 0 Å². The van der Waals surface area contributed by atoms with Gasteiger partial charge in [-0.25, -0.2) is 0 Å². The largest absolute Gasteiger partial charge is 0.456 e. The van der Waals surface area contributed by atoms with Crippen molar-refractivity contribution in [3.63, 3.8) is 0 Å². The molecule has 0 fully saturated rings. The van der Waals surface area contributed by atoms with E-state index in [2.05, 4.69) is 173 Å². The molecule has 276 valence electrons. The van der Waals surface area contributed by atoms with Gasteiger partial charge in [0.25, 0.3) is 0 Å². The topological polar surface area (TPSA) is 47.6 Å². The molecule has 1 aliphatic rings. The van der Waals surface area contributed by atoms with E-state index in [0.29, 0.717) is 0 Å². The molecule has 13 rings (SSSR count). The summed E-state index contributed by atoms with van der Waals surface area (Å²) in [7, 11) is 0. The van der Waals surface area contributed by atoms with Crippen LogP contribution in [0.4, 0.5) is 17.1 Å². The van der Waals surface area contributed by atoms with Crippen LogP contribution in [-0.2, 0) is 6.42 Å². The monoisotopic (exact) mass is 756 g/mol. The first kappa shape index (κ1) is 32.2. The fraction of sp³-hybridized carbons (Fsp3) is 0.0370. The molecule has 4 aromatic heterocycles. The maximum absolute atomic E-state index is 6.67. The van der Waals surface area contributed by atoms with Gasteiger partial charge in [0, 0.05) is 44.2 Å². The highest BCUT2D eigenvalue weighted by molar-refractivity contribution is 6.16. The number of aryl methyl sites for hydroxylation is 1. The standard InChI is InChI=1S/C54H32N2O3/c1-2-12-35(13-3-1)55-43-17-7-4-14-37(43)41-30-33(24-28-44(41)55)34-25-29-49-42(31-34)54-46(19-11-23-51(54)58-49)56(36-26-27-39-38-15-5-8-20-47(38)59-52(39)32-36)45-18-10-22-50-53(45)40-16-6-9-21-48(40)57-50/h1-5,7-15,17-25,28-32H,6,16H2. The summed E-state index contributed by atoms with van der Waals surface area (Å²) in [5.41, 5.74) is 13.8. The average molecular weight is 757 g/mol. The van der Waals surface area contributed by atoms with Crippen molar-refractivity contribution in [3.8, 4) is 16.8 Å².